The van der Waals surface area contributed by atoms with Crippen LogP contribution in [0.15, 0.2) is 48.7 Å². The number of nitrogens with zero attached hydrogens (tertiary/aromatic N) is 1. The first-order chi connectivity index (χ1) is 8.55. The van der Waals surface area contributed by atoms with Gasteiger partial charge < -0.3 is 0 Å². The molecule has 0 amide bonds. The van der Waals surface area contributed by atoms with E-state index in [1.165, 1.54) is 0 Å². The highest BCUT2D eigenvalue weighted by molar-refractivity contribution is 5.40. The Morgan fingerprint density at radius 1 is 0.944 bits per heavy atom. The van der Waals surface area contributed by atoms with E-state index in [2.05, 4.69) is 16.8 Å². The molecular formula is C14H8F3N. The van der Waals surface area contributed by atoms with Crippen LogP contribution in [0.25, 0.3) is 0 Å². The van der Waals surface area contributed by atoms with Gasteiger partial charge in [-0.3, -0.25) is 0 Å². The highest BCUT2D eigenvalue weighted by Crippen LogP contribution is 2.28. The van der Waals surface area contributed by atoms with Crippen LogP contribution in [0.4, 0.5) is 13.2 Å². The third-order valence-corrected chi connectivity index (χ3v) is 2.20. The van der Waals surface area contributed by atoms with E-state index >= 15 is 0 Å². The van der Waals surface area contributed by atoms with Crippen LogP contribution < -0.4 is 0 Å². The maximum absolute atomic E-state index is 12.5. The average molecular weight is 247 g/mol. The van der Waals surface area contributed by atoms with Crippen LogP contribution in [0.1, 0.15) is 16.8 Å². The van der Waals surface area contributed by atoms with E-state index in [-0.39, 0.29) is 5.69 Å². The summed E-state index contributed by atoms with van der Waals surface area (Å²) < 4.78 is 37.4. The molecule has 0 unspecified atom stereocenters. The molecule has 90 valence electrons. The van der Waals surface area contributed by atoms with E-state index in [1.807, 2.05) is 18.2 Å². The average Bonchev–Trinajstić information content (AvgIpc) is 2.37. The van der Waals surface area contributed by atoms with Gasteiger partial charge in [0.05, 0.1) is 5.56 Å². The van der Waals surface area contributed by atoms with Crippen molar-refractivity contribution in [1.82, 2.24) is 4.98 Å². The van der Waals surface area contributed by atoms with Crippen molar-refractivity contribution in [2.75, 3.05) is 0 Å². The SMILES string of the molecule is FC(F)(F)c1ccnc(C#Cc2ccccc2)c1. The van der Waals surface area contributed by atoms with Crippen LogP contribution in [0.2, 0.25) is 0 Å². The summed E-state index contributed by atoms with van der Waals surface area (Å²) >= 11 is 0. The first-order valence-electron chi connectivity index (χ1n) is 5.16. The zero-order valence-electron chi connectivity index (χ0n) is 9.20. The zero-order chi connectivity index (χ0) is 13.0. The van der Waals surface area contributed by atoms with Gasteiger partial charge in [0.25, 0.3) is 0 Å². The van der Waals surface area contributed by atoms with E-state index in [1.54, 1.807) is 12.1 Å². The maximum Gasteiger partial charge on any atom is 0.416 e. The Balaban J connectivity index is 2.29. The molecule has 1 nitrogen and oxygen atoms in total. The van der Waals surface area contributed by atoms with Gasteiger partial charge in [-0.2, -0.15) is 13.2 Å². The van der Waals surface area contributed by atoms with Gasteiger partial charge in [0, 0.05) is 11.8 Å². The molecule has 0 atom stereocenters. The van der Waals surface area contributed by atoms with Gasteiger partial charge in [-0.15, -0.1) is 0 Å². The molecule has 2 rings (SSSR count). The molecule has 0 bridgehead atoms. The molecule has 2 aromatic rings. The molecule has 1 aromatic carbocycles. The Hall–Kier alpha value is -2.28. The fraction of sp³-hybridized carbons (Fsp3) is 0.0714. The molecule has 0 aliphatic heterocycles. The van der Waals surface area contributed by atoms with Crippen LogP contribution in [-0.4, -0.2) is 4.98 Å². The van der Waals surface area contributed by atoms with Gasteiger partial charge in [-0.05, 0) is 30.2 Å². The minimum atomic E-state index is -4.37. The second-order valence-corrected chi connectivity index (χ2v) is 3.54. The smallest absolute Gasteiger partial charge is 0.248 e. The lowest BCUT2D eigenvalue weighted by atomic mass is 10.2. The van der Waals surface area contributed by atoms with E-state index in [9.17, 15) is 13.2 Å². The standard InChI is InChI=1S/C14H8F3N/c15-14(16,17)12-8-9-18-13(10-12)7-6-11-4-2-1-3-5-11/h1-5,8-10H. The van der Waals surface area contributed by atoms with Crippen molar-refractivity contribution in [3.8, 4) is 11.8 Å². The van der Waals surface area contributed by atoms with E-state index < -0.39 is 11.7 Å². The molecule has 18 heavy (non-hydrogen) atoms. The van der Waals surface area contributed by atoms with E-state index in [0.29, 0.717) is 0 Å². The van der Waals surface area contributed by atoms with Crippen LogP contribution >= 0.6 is 0 Å². The fourth-order valence-electron chi connectivity index (χ4n) is 1.33. The predicted octanol–water partition coefficient (Wildman–Crippen LogP) is 3.50. The highest BCUT2D eigenvalue weighted by atomic mass is 19.4. The minimum Gasteiger partial charge on any atom is -0.248 e. The topological polar surface area (TPSA) is 12.9 Å². The van der Waals surface area contributed by atoms with Gasteiger partial charge in [-0.25, -0.2) is 4.98 Å². The lowest BCUT2D eigenvalue weighted by Crippen LogP contribution is -2.05. The summed E-state index contributed by atoms with van der Waals surface area (Å²) in [7, 11) is 0. The number of hydrogen-bond acceptors (Lipinski definition) is 1. The molecular weight excluding hydrogens is 239 g/mol. The second kappa shape index (κ2) is 4.92. The van der Waals surface area contributed by atoms with Crippen molar-refractivity contribution in [1.29, 1.82) is 0 Å². The monoisotopic (exact) mass is 247 g/mol. The normalized spacial score (nSPS) is 10.6. The molecule has 0 spiro atoms. The Labute approximate surface area is 102 Å². The Morgan fingerprint density at radius 3 is 2.33 bits per heavy atom. The Bertz CT molecular complexity index is 592. The predicted molar refractivity (Wildman–Crippen MR) is 61.7 cm³/mol. The number of rotatable bonds is 0. The third kappa shape index (κ3) is 3.11. The summed E-state index contributed by atoms with van der Waals surface area (Å²) in [5.41, 5.74) is 0.0975. The quantitative estimate of drug-likeness (QED) is 0.649. The zero-order valence-corrected chi connectivity index (χ0v) is 9.20. The van der Waals surface area contributed by atoms with Crippen molar-refractivity contribution >= 4 is 0 Å². The van der Waals surface area contributed by atoms with Gasteiger partial charge in [0.2, 0.25) is 0 Å². The van der Waals surface area contributed by atoms with Gasteiger partial charge in [-0.1, -0.05) is 24.1 Å². The van der Waals surface area contributed by atoms with E-state index in [0.717, 1.165) is 23.9 Å². The minimum absolute atomic E-state index is 0.105. The highest BCUT2D eigenvalue weighted by Gasteiger charge is 2.30. The van der Waals surface area contributed by atoms with Crippen molar-refractivity contribution < 1.29 is 13.2 Å². The first-order valence-corrected chi connectivity index (χ1v) is 5.16. The number of alkyl halides is 3. The maximum atomic E-state index is 12.5. The summed E-state index contributed by atoms with van der Waals surface area (Å²) in [6.45, 7) is 0. The lowest BCUT2D eigenvalue weighted by molar-refractivity contribution is -0.137. The summed E-state index contributed by atoms with van der Waals surface area (Å²) in [6, 6.07) is 10.9. The van der Waals surface area contributed by atoms with Crippen LogP contribution in [-0.2, 0) is 6.18 Å². The third-order valence-electron chi connectivity index (χ3n) is 2.20. The Kier molecular flexibility index (Phi) is 3.33. The number of benzene rings is 1. The van der Waals surface area contributed by atoms with Gasteiger partial charge in [0.1, 0.15) is 5.69 Å². The molecule has 0 aliphatic carbocycles. The van der Waals surface area contributed by atoms with E-state index in [4.69, 9.17) is 0 Å². The molecule has 1 heterocycles. The molecule has 0 radical (unpaired) electrons. The lowest BCUT2D eigenvalue weighted by Gasteiger charge is -2.05. The van der Waals surface area contributed by atoms with Crippen molar-refractivity contribution in [3.05, 3.63) is 65.5 Å². The molecule has 0 saturated carbocycles. The summed E-state index contributed by atoms with van der Waals surface area (Å²) in [5.74, 6) is 5.37. The van der Waals surface area contributed by atoms with Gasteiger partial charge >= 0.3 is 6.18 Å². The molecule has 0 N–H and O–H groups in total. The largest absolute Gasteiger partial charge is 0.416 e. The summed E-state index contributed by atoms with van der Waals surface area (Å²) in [6.07, 6.45) is -3.26. The second-order valence-electron chi connectivity index (χ2n) is 3.54. The fourth-order valence-corrected chi connectivity index (χ4v) is 1.33. The number of aromatic nitrogens is 1. The van der Waals surface area contributed by atoms with Gasteiger partial charge in [0.15, 0.2) is 0 Å². The Morgan fingerprint density at radius 2 is 1.67 bits per heavy atom. The number of pyridine rings is 1. The van der Waals surface area contributed by atoms with Crippen molar-refractivity contribution in [2.24, 2.45) is 0 Å². The van der Waals surface area contributed by atoms with Crippen LogP contribution in [0.5, 0.6) is 0 Å². The molecule has 0 aliphatic rings. The number of hydrogen-bond donors (Lipinski definition) is 0. The first kappa shape index (κ1) is 12.2. The van der Waals surface area contributed by atoms with Crippen LogP contribution in [0, 0.1) is 11.8 Å². The molecule has 0 fully saturated rings. The van der Waals surface area contributed by atoms with Crippen molar-refractivity contribution in [3.63, 3.8) is 0 Å². The summed E-state index contributed by atoms with van der Waals surface area (Å²) in [5, 5.41) is 0. The van der Waals surface area contributed by atoms with Crippen molar-refractivity contribution in [2.45, 2.75) is 6.18 Å². The van der Waals surface area contributed by atoms with Crippen LogP contribution in [0.3, 0.4) is 0 Å². The molecule has 1 aromatic heterocycles. The number of halogens is 3. The summed E-state index contributed by atoms with van der Waals surface area (Å²) in [4.78, 5) is 3.79. The molecule has 4 heteroatoms. The molecule has 0 saturated heterocycles.